The van der Waals surface area contributed by atoms with Gasteiger partial charge in [0.05, 0.1) is 0 Å². The van der Waals surface area contributed by atoms with Gasteiger partial charge in [-0.25, -0.2) is 0 Å². The first-order valence-electron chi connectivity index (χ1n) is 25.3. The molecule has 1 heterocycles. The second-order valence-corrected chi connectivity index (χ2v) is 44.7. The second-order valence-electron chi connectivity index (χ2n) is 22.3. The van der Waals surface area contributed by atoms with Crippen LogP contribution in [0.3, 0.4) is 0 Å². The maximum absolute atomic E-state index is 14.7. The third-order valence-electron chi connectivity index (χ3n) is 15.4. The summed E-state index contributed by atoms with van der Waals surface area (Å²) in [6.07, 6.45) is -16.1. The van der Waals surface area contributed by atoms with Gasteiger partial charge in [-0.2, -0.15) is 0 Å². The van der Waals surface area contributed by atoms with Gasteiger partial charge in [0.1, 0.15) is 0 Å². The second kappa shape index (κ2) is 19.5. The Kier molecular flexibility index (Phi) is 14.4. The van der Waals surface area contributed by atoms with Crippen molar-refractivity contribution < 1.29 is 69.1 Å². The summed E-state index contributed by atoms with van der Waals surface area (Å²) in [4.78, 5) is 0. The van der Waals surface area contributed by atoms with Gasteiger partial charge in [-0.1, -0.05) is 0 Å². The molecule has 2 atom stereocenters. The Bertz CT molecular complexity index is 3140. The van der Waals surface area contributed by atoms with E-state index in [-0.39, 0.29) is 46.2 Å². The van der Waals surface area contributed by atoms with E-state index in [1.165, 1.54) is 0 Å². The normalized spacial score (nSPS) is 17.6. The summed E-state index contributed by atoms with van der Waals surface area (Å²) in [5, 5.41) is 2.11. The minimum absolute atomic E-state index is 0.0838. The van der Waals surface area contributed by atoms with E-state index in [4.69, 9.17) is 0 Å². The molecule has 0 spiro atoms. The van der Waals surface area contributed by atoms with Crippen LogP contribution >= 0.6 is 17.0 Å². The van der Waals surface area contributed by atoms with Crippen LogP contribution in [-0.2, 0) is 41.1 Å². The average Bonchev–Trinajstić information content (AvgIpc) is 4.01. The summed E-state index contributed by atoms with van der Waals surface area (Å²) in [6, 6.07) is 24.3. The molecule has 6 aromatic carbocycles. The third-order valence-corrected chi connectivity index (χ3v) is 38.1. The van der Waals surface area contributed by atoms with E-state index in [9.17, 15) is 69.7 Å². The van der Waals surface area contributed by atoms with Crippen molar-refractivity contribution in [3.63, 3.8) is 0 Å². The first kappa shape index (κ1) is 56.4. The molecule has 16 heteroatoms. The van der Waals surface area contributed by atoms with Crippen LogP contribution in [0, 0.1) is 11.8 Å². The molecule has 9 rings (SSSR count). The van der Waals surface area contributed by atoms with Crippen molar-refractivity contribution in [1.29, 1.82) is 0 Å². The Labute approximate surface area is 445 Å². The zero-order valence-corrected chi connectivity index (χ0v) is 48.2. The molecule has 0 nitrogen and oxygen atoms in total. The zero-order chi connectivity index (χ0) is 55.6. The predicted molar refractivity (Wildman–Crippen MR) is 283 cm³/mol. The molecule has 1 aliphatic heterocycles. The number of fused-ring (bicyclic) bond motifs is 5. The predicted octanol–water partition coefficient (Wildman–Crippen LogP) is 18.4. The van der Waals surface area contributed by atoms with Crippen molar-refractivity contribution in [1.82, 2.24) is 0 Å². The molecule has 6 aromatic rings. The van der Waals surface area contributed by atoms with Crippen LogP contribution in [0.15, 0.2) is 114 Å². The fourth-order valence-electron chi connectivity index (χ4n) is 12.5. The van der Waals surface area contributed by atoms with Gasteiger partial charge in [0.2, 0.25) is 0 Å². The number of allylic oxidation sites excluding steroid dienone is 2. The number of benzene rings is 6. The molecule has 2 aliphatic carbocycles. The van der Waals surface area contributed by atoms with Crippen molar-refractivity contribution in [2.75, 3.05) is 0 Å². The van der Waals surface area contributed by atoms with E-state index in [0.717, 1.165) is 56.9 Å². The fourth-order valence-corrected chi connectivity index (χ4v) is 40.3. The van der Waals surface area contributed by atoms with E-state index >= 15 is 0 Å². The Morgan fingerprint density at radius 3 is 1.22 bits per heavy atom. The Balaban J connectivity index is 1.44. The number of hydrogen-bond donors (Lipinski definition) is 0. The molecule has 0 saturated heterocycles. The molecule has 0 aromatic heterocycles. The Morgan fingerprint density at radius 1 is 0.474 bits per heavy atom. The molecule has 2 unspecified atom stereocenters. The van der Waals surface area contributed by atoms with Crippen molar-refractivity contribution in [3.8, 4) is 33.4 Å². The number of halogens is 14. The van der Waals surface area contributed by atoms with Gasteiger partial charge in [0.25, 0.3) is 0 Å². The molecule has 0 N–H and O–H groups in total. The summed E-state index contributed by atoms with van der Waals surface area (Å²) >= 11 is -6.65. The van der Waals surface area contributed by atoms with Gasteiger partial charge in [-0.15, -0.1) is 0 Å². The SMILES string of the molecule is CC(C)CC1=Cc2c(ccc(C(C)C)c2-c2cc(C(F)(F)F)cc(C(F)(F)F)c2)[CH]1[Zr]([Cl])([Cl])([c]1cccc2c1[SiH2]c1ccccc1-2)[CH]1C(CC(C)C)=Cc2c1ccc(C(C)C)c2-c1cc(C(F)(F)F)cc(C(F)(F)F)c1. The molecule has 0 saturated carbocycles. The van der Waals surface area contributed by atoms with Crippen LogP contribution in [0.25, 0.3) is 45.5 Å². The summed E-state index contributed by atoms with van der Waals surface area (Å²) in [7, 11) is 17.1. The number of rotatable bonds is 11. The van der Waals surface area contributed by atoms with Gasteiger partial charge in [0.15, 0.2) is 0 Å². The van der Waals surface area contributed by atoms with Gasteiger partial charge in [0, 0.05) is 0 Å². The third kappa shape index (κ3) is 9.84. The fraction of sp³-hybridized carbons (Fsp3) is 0.333. The topological polar surface area (TPSA) is 0 Å². The molecule has 0 bridgehead atoms. The molecule has 0 fully saturated rings. The monoisotopic (exact) mass is 1190 g/mol. The van der Waals surface area contributed by atoms with Crippen molar-refractivity contribution in [2.24, 2.45) is 11.8 Å². The van der Waals surface area contributed by atoms with Crippen LogP contribution in [0.4, 0.5) is 52.7 Å². The number of hydrogen-bond acceptors (Lipinski definition) is 0. The van der Waals surface area contributed by atoms with Crippen LogP contribution < -0.4 is 13.6 Å². The first-order chi connectivity index (χ1) is 35.2. The molecule has 401 valence electrons. The van der Waals surface area contributed by atoms with Crippen LogP contribution in [0.1, 0.15) is 143 Å². The molecular formula is C60H55Cl2F12SiZr. The van der Waals surface area contributed by atoms with Gasteiger partial charge in [-0.3, -0.25) is 0 Å². The number of alkyl halides is 12. The molecule has 3 aliphatic rings. The van der Waals surface area contributed by atoms with Crippen molar-refractivity contribution >= 4 is 52.3 Å². The molecular weight excluding hydrogens is 1140 g/mol. The Hall–Kier alpha value is -4.36. The summed E-state index contributed by atoms with van der Waals surface area (Å²) in [5.41, 5.74) is 0.0929. The van der Waals surface area contributed by atoms with Crippen molar-refractivity contribution in [2.45, 2.75) is 112 Å². The summed E-state index contributed by atoms with van der Waals surface area (Å²) < 4.78 is 176. The van der Waals surface area contributed by atoms with Gasteiger partial charge < -0.3 is 0 Å². The summed E-state index contributed by atoms with van der Waals surface area (Å²) in [6.45, 7) is 15.2. The maximum atomic E-state index is 14.7. The van der Waals surface area contributed by atoms with Gasteiger partial charge >= 0.3 is 449 Å². The van der Waals surface area contributed by atoms with Crippen molar-refractivity contribution in [3.05, 3.63) is 170 Å². The van der Waals surface area contributed by atoms with E-state index in [1.54, 1.807) is 12.1 Å². The zero-order valence-electron chi connectivity index (χ0n) is 42.8. The van der Waals surface area contributed by atoms with Crippen LogP contribution in [0.2, 0.25) is 0 Å². The summed E-state index contributed by atoms with van der Waals surface area (Å²) in [5.74, 6) is -0.962. The standard InChI is InChI=1S/2C24H23F6.C12H9Si.2ClH.Zr/c2*1-13(2)7-15-8-16-5-6-20(14(3)4)22(21(16)9-15)17-10-18(23(25,26)27)12-19(11-17)24(28,29)30;1-3-7-11-9(5-1)10-6-2-4-8-12(10)13-11;;;/h2*5-6,8-14H,7H2,1-4H3;1-7H,13H2;2*1H;/q;;;;;+2/p-2. The molecule has 0 amide bonds. The van der Waals surface area contributed by atoms with E-state index in [2.05, 4.69) is 6.07 Å². The van der Waals surface area contributed by atoms with E-state index in [1.807, 2.05) is 116 Å². The molecule has 0 radical (unpaired) electrons. The Morgan fingerprint density at radius 2 is 0.855 bits per heavy atom. The van der Waals surface area contributed by atoms with E-state index < -0.39 is 92.0 Å². The van der Waals surface area contributed by atoms with Gasteiger partial charge in [-0.05, 0) is 0 Å². The first-order valence-corrected chi connectivity index (χ1v) is 37.1. The molecule has 76 heavy (non-hydrogen) atoms. The van der Waals surface area contributed by atoms with E-state index in [0.29, 0.717) is 49.5 Å². The van der Waals surface area contributed by atoms with Crippen LogP contribution in [-0.4, -0.2) is 9.52 Å². The quantitative estimate of drug-likeness (QED) is 0.0894. The minimum atomic E-state index is -6.65. The average molecular weight is 1190 g/mol. The van der Waals surface area contributed by atoms with Crippen LogP contribution in [0.5, 0.6) is 0 Å².